The van der Waals surface area contributed by atoms with Crippen LogP contribution in [-0.4, -0.2) is 20.4 Å². The van der Waals surface area contributed by atoms with Crippen molar-refractivity contribution >= 4 is 44.8 Å². The fourth-order valence-electron chi connectivity index (χ4n) is 1.99. The van der Waals surface area contributed by atoms with Crippen molar-refractivity contribution in [2.45, 2.75) is 24.8 Å². The number of rotatable bonds is 5. The molecule has 5 nitrogen and oxygen atoms in total. The summed E-state index contributed by atoms with van der Waals surface area (Å²) >= 11 is 11.7. The molecule has 0 spiro atoms. The number of amides is 1. The monoisotopic (exact) mass is 386 g/mol. The highest BCUT2D eigenvalue weighted by atomic mass is 35.5. The number of para-hydroxylation sites is 1. The summed E-state index contributed by atoms with van der Waals surface area (Å²) in [6, 6.07) is 10.3. The quantitative estimate of drug-likeness (QED) is 0.823. The summed E-state index contributed by atoms with van der Waals surface area (Å²) in [5.74, 6) is -0.481. The molecule has 2 aromatic carbocycles. The summed E-state index contributed by atoms with van der Waals surface area (Å²) in [6.45, 7) is 3.29. The predicted octanol–water partition coefficient (Wildman–Crippen LogP) is 3.61. The largest absolute Gasteiger partial charge is 0.324 e. The van der Waals surface area contributed by atoms with Crippen LogP contribution in [0.3, 0.4) is 0 Å². The van der Waals surface area contributed by atoms with E-state index in [1.165, 1.54) is 25.1 Å². The summed E-state index contributed by atoms with van der Waals surface area (Å²) in [5.41, 5.74) is 1.49. The van der Waals surface area contributed by atoms with Gasteiger partial charge in [0.05, 0.1) is 11.1 Å². The van der Waals surface area contributed by atoms with Gasteiger partial charge in [0.2, 0.25) is 15.9 Å². The average Bonchev–Trinajstić information content (AvgIpc) is 2.51. The minimum Gasteiger partial charge on any atom is -0.324 e. The Labute approximate surface area is 151 Å². The molecule has 1 atom stereocenters. The Hall–Kier alpha value is -1.60. The normalized spacial score (nSPS) is 12.7. The number of hydrogen-bond donors (Lipinski definition) is 2. The van der Waals surface area contributed by atoms with E-state index in [1.807, 2.05) is 19.1 Å². The molecule has 24 heavy (non-hydrogen) atoms. The maximum atomic E-state index is 12.4. The number of carbonyl (C=O) groups is 1. The first kappa shape index (κ1) is 18.7. The Morgan fingerprint density at radius 3 is 2.46 bits per heavy atom. The second-order valence-electron chi connectivity index (χ2n) is 5.22. The van der Waals surface area contributed by atoms with E-state index in [1.54, 1.807) is 12.1 Å². The SMILES string of the molecule is Cc1ccccc1NC(=O)[C@@H](C)NS(=O)(=O)c1cc(Cl)ccc1Cl. The zero-order valence-electron chi connectivity index (χ0n) is 13.0. The highest BCUT2D eigenvalue weighted by molar-refractivity contribution is 7.89. The fraction of sp³-hybridized carbons (Fsp3) is 0.188. The molecule has 2 aromatic rings. The van der Waals surface area contributed by atoms with E-state index >= 15 is 0 Å². The van der Waals surface area contributed by atoms with Gasteiger partial charge in [0.25, 0.3) is 0 Å². The minimum absolute atomic E-state index is 0.0263. The minimum atomic E-state index is -3.99. The van der Waals surface area contributed by atoms with Crippen molar-refractivity contribution < 1.29 is 13.2 Å². The lowest BCUT2D eigenvalue weighted by atomic mass is 10.2. The first-order chi connectivity index (χ1) is 11.2. The van der Waals surface area contributed by atoms with Crippen LogP contribution < -0.4 is 10.0 Å². The Morgan fingerprint density at radius 1 is 1.12 bits per heavy atom. The molecule has 1 amide bonds. The van der Waals surface area contributed by atoms with Crippen molar-refractivity contribution in [2.75, 3.05) is 5.32 Å². The lowest BCUT2D eigenvalue weighted by molar-refractivity contribution is -0.117. The van der Waals surface area contributed by atoms with E-state index in [2.05, 4.69) is 10.0 Å². The number of nitrogens with one attached hydrogen (secondary N) is 2. The number of halogens is 2. The van der Waals surface area contributed by atoms with Crippen LogP contribution in [0.5, 0.6) is 0 Å². The highest BCUT2D eigenvalue weighted by Crippen LogP contribution is 2.25. The van der Waals surface area contributed by atoms with Gasteiger partial charge >= 0.3 is 0 Å². The third kappa shape index (κ3) is 4.48. The molecule has 0 heterocycles. The van der Waals surface area contributed by atoms with Crippen molar-refractivity contribution in [1.29, 1.82) is 0 Å². The van der Waals surface area contributed by atoms with Crippen molar-refractivity contribution in [1.82, 2.24) is 4.72 Å². The molecule has 8 heteroatoms. The van der Waals surface area contributed by atoms with Crippen LogP contribution in [0.1, 0.15) is 12.5 Å². The molecule has 0 aliphatic heterocycles. The van der Waals surface area contributed by atoms with Gasteiger partial charge in [0.1, 0.15) is 4.90 Å². The van der Waals surface area contributed by atoms with Crippen LogP contribution in [-0.2, 0) is 14.8 Å². The van der Waals surface area contributed by atoms with Crippen molar-refractivity contribution in [2.24, 2.45) is 0 Å². The number of carbonyl (C=O) groups excluding carboxylic acids is 1. The Balaban J connectivity index is 2.16. The molecule has 128 valence electrons. The molecule has 0 aliphatic carbocycles. The Morgan fingerprint density at radius 2 is 1.79 bits per heavy atom. The van der Waals surface area contributed by atoms with Crippen molar-refractivity contribution in [3.63, 3.8) is 0 Å². The molecular weight excluding hydrogens is 371 g/mol. The molecule has 0 aliphatic rings. The van der Waals surface area contributed by atoms with Crippen LogP contribution in [0.4, 0.5) is 5.69 Å². The van der Waals surface area contributed by atoms with Crippen LogP contribution in [0.15, 0.2) is 47.4 Å². The zero-order chi connectivity index (χ0) is 17.9. The lowest BCUT2D eigenvalue weighted by Gasteiger charge is -2.16. The summed E-state index contributed by atoms with van der Waals surface area (Å²) < 4.78 is 27.1. The van der Waals surface area contributed by atoms with Gasteiger partial charge in [-0.1, -0.05) is 41.4 Å². The number of aryl methyl sites for hydroxylation is 1. The number of benzene rings is 2. The van der Waals surface area contributed by atoms with Crippen molar-refractivity contribution in [3.05, 3.63) is 58.1 Å². The highest BCUT2D eigenvalue weighted by Gasteiger charge is 2.24. The van der Waals surface area contributed by atoms with Crippen LogP contribution in [0.2, 0.25) is 10.0 Å². The average molecular weight is 387 g/mol. The van der Waals surface area contributed by atoms with E-state index < -0.39 is 22.0 Å². The summed E-state index contributed by atoms with van der Waals surface area (Å²) in [6.07, 6.45) is 0. The molecule has 0 aromatic heterocycles. The summed E-state index contributed by atoms with van der Waals surface area (Å²) in [4.78, 5) is 12.1. The second-order valence-corrected chi connectivity index (χ2v) is 7.75. The van der Waals surface area contributed by atoms with E-state index in [0.29, 0.717) is 5.69 Å². The molecule has 0 fully saturated rings. The molecule has 0 unspecified atom stereocenters. The van der Waals surface area contributed by atoms with Gasteiger partial charge < -0.3 is 5.32 Å². The third-order valence-corrected chi connectivity index (χ3v) is 5.57. The van der Waals surface area contributed by atoms with Crippen LogP contribution >= 0.6 is 23.2 Å². The van der Waals surface area contributed by atoms with Gasteiger partial charge in [-0.2, -0.15) is 4.72 Å². The fourth-order valence-corrected chi connectivity index (χ4v) is 3.95. The van der Waals surface area contributed by atoms with Crippen LogP contribution in [0.25, 0.3) is 0 Å². The smallest absolute Gasteiger partial charge is 0.242 e. The van der Waals surface area contributed by atoms with E-state index in [-0.39, 0.29) is 14.9 Å². The zero-order valence-corrected chi connectivity index (χ0v) is 15.3. The summed E-state index contributed by atoms with van der Waals surface area (Å²) in [5, 5.41) is 2.94. The molecule has 0 saturated carbocycles. The first-order valence-corrected chi connectivity index (χ1v) is 9.28. The molecule has 0 bridgehead atoms. The number of anilines is 1. The van der Waals surface area contributed by atoms with E-state index in [0.717, 1.165) is 5.56 Å². The van der Waals surface area contributed by atoms with Gasteiger partial charge in [-0.25, -0.2) is 8.42 Å². The van der Waals surface area contributed by atoms with E-state index in [9.17, 15) is 13.2 Å². The Bertz CT molecular complexity index is 869. The van der Waals surface area contributed by atoms with Gasteiger partial charge in [-0.3, -0.25) is 4.79 Å². The maximum absolute atomic E-state index is 12.4. The van der Waals surface area contributed by atoms with Crippen molar-refractivity contribution in [3.8, 4) is 0 Å². The molecular formula is C16H16Cl2N2O3S. The van der Waals surface area contributed by atoms with Gasteiger partial charge in [-0.15, -0.1) is 0 Å². The number of hydrogen-bond acceptors (Lipinski definition) is 3. The van der Waals surface area contributed by atoms with Crippen LogP contribution in [0, 0.1) is 6.92 Å². The lowest BCUT2D eigenvalue weighted by Crippen LogP contribution is -2.41. The van der Waals surface area contributed by atoms with Gasteiger partial charge in [-0.05, 0) is 43.7 Å². The standard InChI is InChI=1S/C16H16Cl2N2O3S/c1-10-5-3-4-6-14(10)19-16(21)11(2)20-24(22,23)15-9-12(17)7-8-13(15)18/h3-9,11,20H,1-2H3,(H,19,21)/t11-/m1/s1. The maximum Gasteiger partial charge on any atom is 0.242 e. The second kappa shape index (κ2) is 7.53. The van der Waals surface area contributed by atoms with Gasteiger partial charge in [0.15, 0.2) is 0 Å². The predicted molar refractivity (Wildman–Crippen MR) is 96.1 cm³/mol. The third-order valence-electron chi connectivity index (χ3n) is 3.31. The molecule has 2 N–H and O–H groups in total. The molecule has 0 radical (unpaired) electrons. The number of sulfonamides is 1. The summed E-state index contributed by atoms with van der Waals surface area (Å²) in [7, 11) is -3.99. The molecule has 2 rings (SSSR count). The Kier molecular flexibility index (Phi) is 5.87. The first-order valence-electron chi connectivity index (χ1n) is 7.04. The molecule has 0 saturated heterocycles. The topological polar surface area (TPSA) is 75.3 Å². The van der Waals surface area contributed by atoms with E-state index in [4.69, 9.17) is 23.2 Å². The van der Waals surface area contributed by atoms with Gasteiger partial charge in [0, 0.05) is 10.7 Å².